The predicted molar refractivity (Wildman–Crippen MR) is 67.1 cm³/mol. The largest absolute Gasteiger partial charge is 0.399 e. The number of nitrogens with one attached hydrogen (secondary N) is 1. The highest BCUT2D eigenvalue weighted by atomic mass is 16.1. The number of nitrogen functional groups attached to an aromatic ring is 1. The van der Waals surface area contributed by atoms with Crippen molar-refractivity contribution in [3.63, 3.8) is 0 Å². The van der Waals surface area contributed by atoms with Gasteiger partial charge in [-0.15, -0.1) is 0 Å². The Morgan fingerprint density at radius 3 is 2.56 bits per heavy atom. The lowest BCUT2D eigenvalue weighted by atomic mass is 9.92. The Bertz CT molecular complexity index is 399. The summed E-state index contributed by atoms with van der Waals surface area (Å²) in [6, 6.07) is 5.62. The number of hydrogen-bond donors (Lipinski definition) is 3. The molecule has 0 aliphatic carbocycles. The fourth-order valence-electron chi connectivity index (χ4n) is 1.29. The van der Waals surface area contributed by atoms with Gasteiger partial charge in [-0.1, -0.05) is 0 Å². The third-order valence-corrected chi connectivity index (χ3v) is 2.64. The molecule has 1 aromatic rings. The van der Waals surface area contributed by atoms with Crippen molar-refractivity contribution in [2.75, 3.05) is 17.6 Å². The van der Waals surface area contributed by atoms with Gasteiger partial charge in [-0.3, -0.25) is 4.79 Å². The number of carbonyl (C=O) groups is 1. The van der Waals surface area contributed by atoms with Crippen molar-refractivity contribution in [2.24, 2.45) is 11.1 Å². The van der Waals surface area contributed by atoms with Gasteiger partial charge < -0.3 is 16.8 Å². The van der Waals surface area contributed by atoms with Crippen molar-refractivity contribution in [3.8, 4) is 0 Å². The Morgan fingerprint density at radius 1 is 1.44 bits per heavy atom. The molecule has 0 spiro atoms. The quantitative estimate of drug-likeness (QED) is 0.674. The van der Waals surface area contributed by atoms with Crippen LogP contribution in [0.2, 0.25) is 0 Å². The first-order valence-electron chi connectivity index (χ1n) is 5.23. The number of carbonyl (C=O) groups excluding carboxylic acids is 1. The highest BCUT2D eigenvalue weighted by molar-refractivity contribution is 5.80. The number of amides is 1. The lowest BCUT2D eigenvalue weighted by molar-refractivity contribution is -0.125. The van der Waals surface area contributed by atoms with Crippen LogP contribution in [0.25, 0.3) is 0 Å². The van der Waals surface area contributed by atoms with Crippen LogP contribution in [-0.4, -0.2) is 12.5 Å². The van der Waals surface area contributed by atoms with E-state index in [9.17, 15) is 4.79 Å². The van der Waals surface area contributed by atoms with Crippen molar-refractivity contribution in [3.05, 3.63) is 23.8 Å². The third kappa shape index (κ3) is 2.89. The van der Waals surface area contributed by atoms with Gasteiger partial charge >= 0.3 is 0 Å². The summed E-state index contributed by atoms with van der Waals surface area (Å²) in [5.74, 6) is -0.312. The SMILES string of the molecule is Cc1cc(N)ccc1NCC(C)(C)C(N)=O. The highest BCUT2D eigenvalue weighted by Gasteiger charge is 2.24. The Morgan fingerprint density at radius 2 is 2.06 bits per heavy atom. The predicted octanol–water partition coefficient (Wildman–Crippen LogP) is 1.50. The van der Waals surface area contributed by atoms with Gasteiger partial charge in [0.15, 0.2) is 0 Å². The second-order valence-corrected chi connectivity index (χ2v) is 4.68. The average Bonchev–Trinajstić information content (AvgIpc) is 2.16. The first-order valence-corrected chi connectivity index (χ1v) is 5.23. The molecule has 1 rings (SSSR count). The maximum atomic E-state index is 11.1. The minimum absolute atomic E-state index is 0.312. The van der Waals surface area contributed by atoms with E-state index >= 15 is 0 Å². The molecule has 1 aromatic carbocycles. The molecule has 0 unspecified atom stereocenters. The number of primary amides is 1. The minimum atomic E-state index is -0.562. The van der Waals surface area contributed by atoms with Crippen LogP contribution in [0.15, 0.2) is 18.2 Å². The molecule has 0 bridgehead atoms. The first kappa shape index (κ1) is 12.4. The molecule has 0 radical (unpaired) electrons. The van der Waals surface area contributed by atoms with Gasteiger partial charge in [-0.2, -0.15) is 0 Å². The van der Waals surface area contributed by atoms with Crippen LogP contribution in [0, 0.1) is 12.3 Å². The lowest BCUT2D eigenvalue weighted by Gasteiger charge is -2.22. The zero-order chi connectivity index (χ0) is 12.3. The Hall–Kier alpha value is -1.71. The fraction of sp³-hybridized carbons (Fsp3) is 0.417. The van der Waals surface area contributed by atoms with Gasteiger partial charge in [-0.25, -0.2) is 0 Å². The number of nitrogens with two attached hydrogens (primary N) is 2. The Labute approximate surface area is 96.0 Å². The van der Waals surface area contributed by atoms with Crippen molar-refractivity contribution >= 4 is 17.3 Å². The summed E-state index contributed by atoms with van der Waals surface area (Å²) in [6.07, 6.45) is 0. The molecule has 1 amide bonds. The van der Waals surface area contributed by atoms with Gasteiger partial charge in [0.2, 0.25) is 5.91 Å². The van der Waals surface area contributed by atoms with Crippen molar-refractivity contribution in [1.29, 1.82) is 0 Å². The van der Waals surface area contributed by atoms with Gasteiger partial charge in [0.05, 0.1) is 5.41 Å². The minimum Gasteiger partial charge on any atom is -0.399 e. The van der Waals surface area contributed by atoms with E-state index < -0.39 is 5.41 Å². The highest BCUT2D eigenvalue weighted by Crippen LogP contribution is 2.20. The smallest absolute Gasteiger partial charge is 0.224 e. The molecule has 0 heterocycles. The van der Waals surface area contributed by atoms with E-state index in [1.165, 1.54) is 0 Å². The molecular formula is C12H19N3O. The average molecular weight is 221 g/mol. The zero-order valence-electron chi connectivity index (χ0n) is 10.0. The Kier molecular flexibility index (Phi) is 3.42. The molecular weight excluding hydrogens is 202 g/mol. The van der Waals surface area contributed by atoms with Crippen LogP contribution < -0.4 is 16.8 Å². The van der Waals surface area contributed by atoms with Crippen molar-refractivity contribution in [1.82, 2.24) is 0 Å². The molecule has 0 aliphatic heterocycles. The number of benzene rings is 1. The van der Waals surface area contributed by atoms with Crippen LogP contribution in [-0.2, 0) is 4.79 Å². The number of aryl methyl sites for hydroxylation is 1. The van der Waals surface area contributed by atoms with E-state index in [1.54, 1.807) is 0 Å². The van der Waals surface area contributed by atoms with Crippen LogP contribution in [0.3, 0.4) is 0 Å². The van der Waals surface area contributed by atoms with E-state index in [-0.39, 0.29) is 5.91 Å². The normalized spacial score (nSPS) is 11.2. The number of hydrogen-bond acceptors (Lipinski definition) is 3. The van der Waals surface area contributed by atoms with E-state index in [2.05, 4.69) is 5.32 Å². The molecule has 88 valence electrons. The number of anilines is 2. The summed E-state index contributed by atoms with van der Waals surface area (Å²) in [5.41, 5.74) is 13.2. The topological polar surface area (TPSA) is 81.1 Å². The molecule has 0 aromatic heterocycles. The second-order valence-electron chi connectivity index (χ2n) is 4.68. The van der Waals surface area contributed by atoms with Crippen molar-refractivity contribution < 1.29 is 4.79 Å². The molecule has 4 heteroatoms. The summed E-state index contributed by atoms with van der Waals surface area (Å²) in [7, 11) is 0. The zero-order valence-corrected chi connectivity index (χ0v) is 10.0. The maximum absolute atomic E-state index is 11.1. The fourth-order valence-corrected chi connectivity index (χ4v) is 1.29. The maximum Gasteiger partial charge on any atom is 0.224 e. The summed E-state index contributed by atoms with van der Waals surface area (Å²) in [6.45, 7) is 6.10. The van der Waals surface area contributed by atoms with Crippen LogP contribution in [0.1, 0.15) is 19.4 Å². The summed E-state index contributed by atoms with van der Waals surface area (Å²) >= 11 is 0. The van der Waals surface area contributed by atoms with Gasteiger partial charge in [-0.05, 0) is 44.5 Å². The van der Waals surface area contributed by atoms with E-state index in [0.29, 0.717) is 6.54 Å². The van der Waals surface area contributed by atoms with E-state index in [1.807, 2.05) is 39.0 Å². The molecule has 0 saturated carbocycles. The Balaban J connectivity index is 2.72. The molecule has 16 heavy (non-hydrogen) atoms. The van der Waals surface area contributed by atoms with Gasteiger partial charge in [0.1, 0.15) is 0 Å². The summed E-state index contributed by atoms with van der Waals surface area (Å²) < 4.78 is 0. The summed E-state index contributed by atoms with van der Waals surface area (Å²) in [4.78, 5) is 11.1. The van der Waals surface area contributed by atoms with E-state index in [0.717, 1.165) is 16.9 Å². The lowest BCUT2D eigenvalue weighted by Crippen LogP contribution is -2.37. The monoisotopic (exact) mass is 221 g/mol. The molecule has 5 N–H and O–H groups in total. The second kappa shape index (κ2) is 4.43. The molecule has 0 aliphatic rings. The molecule has 0 fully saturated rings. The molecule has 0 saturated heterocycles. The van der Waals surface area contributed by atoms with Crippen LogP contribution in [0.4, 0.5) is 11.4 Å². The summed E-state index contributed by atoms with van der Waals surface area (Å²) in [5, 5.41) is 3.21. The molecule has 0 atom stereocenters. The van der Waals surface area contributed by atoms with Gasteiger partial charge in [0.25, 0.3) is 0 Å². The van der Waals surface area contributed by atoms with E-state index in [4.69, 9.17) is 11.5 Å². The van der Waals surface area contributed by atoms with Crippen molar-refractivity contribution in [2.45, 2.75) is 20.8 Å². The van der Waals surface area contributed by atoms with Crippen LogP contribution >= 0.6 is 0 Å². The standard InChI is InChI=1S/C12H19N3O/c1-8-6-9(13)4-5-10(8)15-7-12(2,3)11(14)16/h4-6,15H,7,13H2,1-3H3,(H2,14,16). The molecule has 4 nitrogen and oxygen atoms in total. The first-order chi connectivity index (χ1) is 7.33. The number of rotatable bonds is 4. The van der Waals surface area contributed by atoms with Crippen LogP contribution in [0.5, 0.6) is 0 Å². The van der Waals surface area contributed by atoms with Gasteiger partial charge in [0, 0.05) is 17.9 Å². The third-order valence-electron chi connectivity index (χ3n) is 2.64.